The number of fused-ring (bicyclic) bond motifs is 1. The number of hydrogen-bond acceptors (Lipinski definition) is 4. The molecule has 1 saturated heterocycles. The van der Waals surface area contributed by atoms with E-state index in [1.165, 1.54) is 31.5 Å². The summed E-state index contributed by atoms with van der Waals surface area (Å²) < 4.78 is 6.53. The topological polar surface area (TPSA) is 43.6 Å². The number of likely N-dealkylation sites (tertiary alicyclic amines) is 1. The minimum atomic E-state index is -0.292. The number of para-hydroxylation sites is 1. The zero-order valence-corrected chi connectivity index (χ0v) is 14.8. The highest BCUT2D eigenvalue weighted by Gasteiger charge is 2.16. The predicted molar refractivity (Wildman–Crippen MR) is 98.8 cm³/mol. The van der Waals surface area contributed by atoms with Crippen LogP contribution in [-0.2, 0) is 17.9 Å². The monoisotopic (exact) mass is 353 g/mol. The second kappa shape index (κ2) is 7.33. The Morgan fingerprint density at radius 1 is 1.08 bits per heavy atom. The van der Waals surface area contributed by atoms with Crippen molar-refractivity contribution < 1.29 is 14.4 Å². The van der Waals surface area contributed by atoms with Gasteiger partial charge in [0.1, 0.15) is 18.2 Å². The largest absolute Gasteiger partial charge is 0.455 e. The number of nitrogens with zero attached hydrogens (tertiary/aromatic N) is 1. The Bertz CT molecular complexity index is 834. The highest BCUT2D eigenvalue weighted by atomic mass is 32.1. The van der Waals surface area contributed by atoms with Crippen LogP contribution in [0, 0.1) is 0 Å². The summed E-state index contributed by atoms with van der Waals surface area (Å²) in [7, 11) is 0. The Balaban J connectivity index is 1.35. The number of aromatic nitrogens is 1. The van der Waals surface area contributed by atoms with Crippen molar-refractivity contribution in [1.29, 1.82) is 0 Å². The molecule has 3 aromatic rings. The van der Waals surface area contributed by atoms with Crippen molar-refractivity contribution in [3.05, 3.63) is 64.7 Å². The van der Waals surface area contributed by atoms with Crippen LogP contribution in [0.5, 0.6) is 0 Å². The lowest BCUT2D eigenvalue weighted by Crippen LogP contribution is -3.08. The zero-order valence-electron chi connectivity index (χ0n) is 14.0. The molecule has 0 radical (unpaired) electrons. The van der Waals surface area contributed by atoms with Gasteiger partial charge < -0.3 is 9.64 Å². The highest BCUT2D eigenvalue weighted by molar-refractivity contribution is 7.18. The van der Waals surface area contributed by atoms with Gasteiger partial charge in [-0.2, -0.15) is 0 Å². The van der Waals surface area contributed by atoms with Crippen LogP contribution in [-0.4, -0.2) is 24.0 Å². The minimum absolute atomic E-state index is 0.220. The molecule has 0 amide bonds. The number of esters is 1. The average Bonchev–Trinajstić information content (AvgIpc) is 3.29. The van der Waals surface area contributed by atoms with Gasteiger partial charge in [0.25, 0.3) is 0 Å². The van der Waals surface area contributed by atoms with Crippen molar-refractivity contribution in [2.24, 2.45) is 0 Å². The predicted octanol–water partition coefficient (Wildman–Crippen LogP) is 2.83. The molecule has 4 nitrogen and oxygen atoms in total. The third kappa shape index (κ3) is 3.89. The summed E-state index contributed by atoms with van der Waals surface area (Å²) in [4.78, 5) is 18.4. The molecule has 0 spiro atoms. The Kier molecular flexibility index (Phi) is 4.76. The third-order valence-electron chi connectivity index (χ3n) is 4.62. The molecule has 0 atom stereocenters. The van der Waals surface area contributed by atoms with Crippen LogP contribution < -0.4 is 4.90 Å². The van der Waals surface area contributed by atoms with Crippen molar-refractivity contribution in [2.45, 2.75) is 26.0 Å². The van der Waals surface area contributed by atoms with Gasteiger partial charge in [-0.15, -0.1) is 11.3 Å². The van der Waals surface area contributed by atoms with Crippen molar-refractivity contribution >= 4 is 27.5 Å². The zero-order chi connectivity index (χ0) is 17.1. The van der Waals surface area contributed by atoms with Gasteiger partial charge in [0.2, 0.25) is 0 Å². The van der Waals surface area contributed by atoms with E-state index in [-0.39, 0.29) is 12.6 Å². The van der Waals surface area contributed by atoms with Crippen LogP contribution in [0.2, 0.25) is 0 Å². The summed E-state index contributed by atoms with van der Waals surface area (Å²) in [6.07, 6.45) is 2.65. The molecule has 1 aliphatic heterocycles. The van der Waals surface area contributed by atoms with Crippen molar-refractivity contribution in [2.75, 3.05) is 13.1 Å². The van der Waals surface area contributed by atoms with Crippen molar-refractivity contribution in [1.82, 2.24) is 4.98 Å². The van der Waals surface area contributed by atoms with Gasteiger partial charge in [-0.1, -0.05) is 24.3 Å². The lowest BCUT2D eigenvalue weighted by molar-refractivity contribution is -0.901. The molecule has 0 bridgehead atoms. The van der Waals surface area contributed by atoms with Crippen LogP contribution in [0.3, 0.4) is 0 Å². The molecule has 25 heavy (non-hydrogen) atoms. The number of quaternary nitrogens is 1. The first-order chi connectivity index (χ1) is 12.3. The van der Waals surface area contributed by atoms with Gasteiger partial charge in [0, 0.05) is 18.4 Å². The molecule has 1 N–H and O–H groups in total. The van der Waals surface area contributed by atoms with E-state index >= 15 is 0 Å². The first-order valence-corrected chi connectivity index (χ1v) is 9.54. The fourth-order valence-corrected chi connectivity index (χ4v) is 4.17. The quantitative estimate of drug-likeness (QED) is 0.718. The minimum Gasteiger partial charge on any atom is -0.455 e. The smallest absolute Gasteiger partial charge is 0.338 e. The molecule has 1 aliphatic rings. The Labute approximate surface area is 151 Å². The molecule has 0 unspecified atom stereocenters. The summed E-state index contributed by atoms with van der Waals surface area (Å²) in [5.41, 5.74) is 2.83. The maximum atomic E-state index is 12.2. The van der Waals surface area contributed by atoms with Crippen molar-refractivity contribution in [3.63, 3.8) is 0 Å². The molecule has 1 aromatic heterocycles. The number of hydrogen-bond donors (Lipinski definition) is 1. The molecular formula is C20H21N2O2S+. The first kappa shape index (κ1) is 16.2. The van der Waals surface area contributed by atoms with Crippen LogP contribution in [0.4, 0.5) is 0 Å². The van der Waals surface area contributed by atoms with E-state index in [0.29, 0.717) is 5.56 Å². The summed E-state index contributed by atoms with van der Waals surface area (Å²) in [5, 5.41) is 0.823. The molecule has 2 aromatic carbocycles. The molecule has 4 rings (SSSR count). The molecular weight excluding hydrogens is 332 g/mol. The van der Waals surface area contributed by atoms with Crippen LogP contribution in [0.1, 0.15) is 33.8 Å². The Morgan fingerprint density at radius 2 is 1.84 bits per heavy atom. The summed E-state index contributed by atoms with van der Waals surface area (Å²) in [6, 6.07) is 15.8. The van der Waals surface area contributed by atoms with Gasteiger partial charge >= 0.3 is 5.97 Å². The molecule has 0 saturated carbocycles. The number of carbonyl (C=O) groups is 1. The third-order valence-corrected chi connectivity index (χ3v) is 5.63. The number of benzene rings is 2. The first-order valence-electron chi connectivity index (χ1n) is 8.72. The maximum Gasteiger partial charge on any atom is 0.338 e. The number of rotatable bonds is 5. The number of nitrogens with one attached hydrogen (secondary N) is 1. The van der Waals surface area contributed by atoms with Gasteiger partial charge in [-0.25, -0.2) is 9.78 Å². The summed E-state index contributed by atoms with van der Waals surface area (Å²) in [5.74, 6) is -0.292. The van der Waals surface area contributed by atoms with Crippen molar-refractivity contribution in [3.8, 4) is 0 Å². The lowest BCUT2D eigenvalue weighted by atomic mass is 10.1. The van der Waals surface area contributed by atoms with E-state index in [0.717, 1.165) is 21.8 Å². The van der Waals surface area contributed by atoms with Crippen LogP contribution >= 0.6 is 11.3 Å². The van der Waals surface area contributed by atoms with Crippen LogP contribution in [0.25, 0.3) is 10.2 Å². The molecule has 5 heteroatoms. The number of carbonyl (C=O) groups excluding carboxylic acids is 1. The van der Waals surface area contributed by atoms with Crippen LogP contribution in [0.15, 0.2) is 48.5 Å². The van der Waals surface area contributed by atoms with E-state index < -0.39 is 0 Å². The van der Waals surface area contributed by atoms with E-state index in [2.05, 4.69) is 4.98 Å². The second-order valence-corrected chi connectivity index (χ2v) is 7.60. The molecule has 2 heterocycles. The molecule has 128 valence electrons. The van der Waals surface area contributed by atoms with E-state index in [9.17, 15) is 4.79 Å². The highest BCUT2D eigenvalue weighted by Crippen LogP contribution is 2.22. The lowest BCUT2D eigenvalue weighted by Gasteiger charge is -2.12. The Morgan fingerprint density at radius 3 is 2.60 bits per heavy atom. The van der Waals surface area contributed by atoms with E-state index in [4.69, 9.17) is 4.74 Å². The van der Waals surface area contributed by atoms with Gasteiger partial charge in [-0.3, -0.25) is 0 Å². The summed E-state index contributed by atoms with van der Waals surface area (Å²) >= 11 is 1.56. The van der Waals surface area contributed by atoms with Gasteiger partial charge in [-0.05, 0) is 24.3 Å². The second-order valence-electron chi connectivity index (χ2n) is 6.48. The van der Waals surface area contributed by atoms with E-state index in [1.54, 1.807) is 16.2 Å². The van der Waals surface area contributed by atoms with E-state index in [1.807, 2.05) is 48.5 Å². The average molecular weight is 353 g/mol. The SMILES string of the molecule is O=C(OCc1nc2ccccc2s1)c1ccc(C[NH+]2CCCC2)cc1. The number of ether oxygens (including phenoxy) is 1. The molecule has 0 aliphatic carbocycles. The summed E-state index contributed by atoms with van der Waals surface area (Å²) in [6.45, 7) is 3.77. The standard InChI is InChI=1S/C20H20N2O2S/c23-20(24-14-19-21-17-5-1-2-6-18(17)25-19)16-9-7-15(8-10-16)13-22-11-3-4-12-22/h1-2,5-10H,3-4,11-14H2/p+1. The fraction of sp³-hybridized carbons (Fsp3) is 0.300. The molecule has 1 fully saturated rings. The van der Waals surface area contributed by atoms with Gasteiger partial charge in [0.05, 0.1) is 28.9 Å². The maximum absolute atomic E-state index is 12.2. The number of thiazole rings is 1. The van der Waals surface area contributed by atoms with Gasteiger partial charge in [0.15, 0.2) is 0 Å². The normalized spacial score (nSPS) is 14.9. The Hall–Kier alpha value is -2.24. The fourth-order valence-electron chi connectivity index (χ4n) is 3.29.